The molecule has 0 fully saturated rings. The van der Waals surface area contributed by atoms with Crippen molar-refractivity contribution in [3.8, 4) is 11.5 Å². The second kappa shape index (κ2) is 15.5. The van der Waals surface area contributed by atoms with E-state index in [-0.39, 0.29) is 5.78 Å². The SMILES string of the molecule is CCCc1cc(Cc2ccccc2)ccc1OCCCCOc1ccc(C(SC=O)C(=O)CC)cc1Cl. The van der Waals surface area contributed by atoms with Gasteiger partial charge in [0.15, 0.2) is 5.62 Å². The fourth-order valence-corrected chi connectivity index (χ4v) is 5.10. The normalized spacial score (nSPS) is 11.6. The van der Waals surface area contributed by atoms with E-state index in [0.717, 1.165) is 49.6 Å². The summed E-state index contributed by atoms with van der Waals surface area (Å²) in [7, 11) is 0. The standard InChI is InChI=1S/C31H35ClO4S/c1-3-10-25-20-24(19-23-11-6-5-7-12-23)13-15-29(25)35-17-8-9-18-36-30-16-14-26(21-27(30)32)31(37-22-33)28(34)4-2/h5-7,11-16,20-22,31H,3-4,8-10,17-19H2,1-2H3. The van der Waals surface area contributed by atoms with Crippen LogP contribution in [-0.4, -0.2) is 24.6 Å². The van der Waals surface area contributed by atoms with E-state index in [1.165, 1.54) is 16.7 Å². The number of carbonyl (C=O) groups excluding carboxylic acids is 2. The van der Waals surface area contributed by atoms with Crippen LogP contribution in [0.1, 0.15) is 67.0 Å². The molecule has 0 amide bonds. The van der Waals surface area contributed by atoms with Crippen LogP contribution in [0.2, 0.25) is 5.02 Å². The number of carbonyl (C=O) groups is 2. The summed E-state index contributed by atoms with van der Waals surface area (Å²) in [4.78, 5) is 23.1. The lowest BCUT2D eigenvalue weighted by Crippen LogP contribution is -2.08. The maximum atomic E-state index is 12.2. The summed E-state index contributed by atoms with van der Waals surface area (Å²) in [5.74, 6) is 1.53. The Kier molecular flexibility index (Phi) is 12.1. The molecule has 0 saturated heterocycles. The van der Waals surface area contributed by atoms with Crippen LogP contribution in [-0.2, 0) is 22.4 Å². The Labute approximate surface area is 229 Å². The third-order valence-corrected chi connectivity index (χ3v) is 7.25. The van der Waals surface area contributed by atoms with E-state index in [9.17, 15) is 9.59 Å². The van der Waals surface area contributed by atoms with Gasteiger partial charge >= 0.3 is 0 Å². The quantitative estimate of drug-likeness (QED) is 0.136. The minimum Gasteiger partial charge on any atom is -0.493 e. The minimum absolute atomic E-state index is 0.00485. The van der Waals surface area contributed by atoms with Gasteiger partial charge < -0.3 is 9.47 Å². The number of hydrogen-bond acceptors (Lipinski definition) is 5. The molecule has 4 nitrogen and oxygen atoms in total. The summed E-state index contributed by atoms with van der Waals surface area (Å²) in [5.41, 5.74) is 5.28. The highest BCUT2D eigenvalue weighted by molar-refractivity contribution is 8.12. The maximum Gasteiger partial charge on any atom is 0.177 e. The fraction of sp³-hybridized carbons (Fsp3) is 0.355. The molecule has 1 atom stereocenters. The van der Waals surface area contributed by atoms with Gasteiger partial charge in [-0.25, -0.2) is 0 Å². The number of halogens is 1. The highest BCUT2D eigenvalue weighted by Crippen LogP contribution is 2.34. The molecule has 0 aliphatic carbocycles. The van der Waals surface area contributed by atoms with E-state index in [2.05, 4.69) is 49.4 Å². The highest BCUT2D eigenvalue weighted by Gasteiger charge is 2.20. The highest BCUT2D eigenvalue weighted by atomic mass is 35.5. The summed E-state index contributed by atoms with van der Waals surface area (Å²) in [6, 6.07) is 22.3. The van der Waals surface area contributed by atoms with Gasteiger partial charge in [0.2, 0.25) is 0 Å². The first kappa shape index (κ1) is 28.8. The number of Topliss-reactive ketones (excluding diaryl/α,β-unsaturated/α-hetero) is 1. The number of rotatable bonds is 16. The summed E-state index contributed by atoms with van der Waals surface area (Å²) in [6.07, 6.45) is 5.03. The van der Waals surface area contributed by atoms with Crippen LogP contribution >= 0.6 is 23.4 Å². The second-order valence-corrected chi connectivity index (χ2v) is 10.2. The zero-order chi connectivity index (χ0) is 26.5. The van der Waals surface area contributed by atoms with Crippen LogP contribution in [0.3, 0.4) is 0 Å². The number of thioether (sulfide) groups is 1. The zero-order valence-corrected chi connectivity index (χ0v) is 23.2. The number of unbranched alkanes of at least 4 members (excludes halogenated alkanes) is 1. The third kappa shape index (κ3) is 8.94. The van der Waals surface area contributed by atoms with Crippen molar-refractivity contribution < 1.29 is 19.1 Å². The van der Waals surface area contributed by atoms with Crippen molar-refractivity contribution >= 4 is 34.8 Å². The first-order valence-electron chi connectivity index (χ1n) is 12.9. The van der Waals surface area contributed by atoms with Crippen LogP contribution in [0.5, 0.6) is 11.5 Å². The van der Waals surface area contributed by atoms with E-state index in [4.69, 9.17) is 21.1 Å². The molecule has 3 aromatic rings. The molecule has 0 bridgehead atoms. The van der Waals surface area contributed by atoms with Gasteiger partial charge in [0.1, 0.15) is 17.3 Å². The smallest absolute Gasteiger partial charge is 0.177 e. The Morgan fingerprint density at radius 2 is 1.62 bits per heavy atom. The Bertz CT molecular complexity index is 1150. The van der Waals surface area contributed by atoms with Gasteiger partial charge in [0.25, 0.3) is 0 Å². The number of benzene rings is 3. The molecule has 0 heterocycles. The Morgan fingerprint density at radius 3 is 2.27 bits per heavy atom. The van der Waals surface area contributed by atoms with Crippen LogP contribution in [0.4, 0.5) is 0 Å². The maximum absolute atomic E-state index is 12.2. The van der Waals surface area contributed by atoms with E-state index in [0.29, 0.717) is 41.6 Å². The molecule has 1 unspecified atom stereocenters. The molecule has 0 aliphatic rings. The van der Waals surface area contributed by atoms with E-state index >= 15 is 0 Å². The van der Waals surface area contributed by atoms with Crippen molar-refractivity contribution in [1.82, 2.24) is 0 Å². The molecule has 0 radical (unpaired) electrons. The third-order valence-electron chi connectivity index (χ3n) is 6.04. The van der Waals surface area contributed by atoms with Gasteiger partial charge in [-0.15, -0.1) is 0 Å². The van der Waals surface area contributed by atoms with E-state index in [1.807, 2.05) is 6.07 Å². The van der Waals surface area contributed by atoms with Crippen LogP contribution in [0, 0.1) is 0 Å². The molecule has 0 N–H and O–H groups in total. The minimum atomic E-state index is -0.531. The summed E-state index contributed by atoms with van der Waals surface area (Å²) in [5, 5.41) is -0.0924. The van der Waals surface area contributed by atoms with E-state index < -0.39 is 5.25 Å². The van der Waals surface area contributed by atoms with Crippen molar-refractivity contribution in [2.24, 2.45) is 0 Å². The van der Waals surface area contributed by atoms with Gasteiger partial charge in [0, 0.05) is 6.42 Å². The molecule has 3 rings (SSSR count). The lowest BCUT2D eigenvalue weighted by molar-refractivity contribution is -0.118. The van der Waals surface area contributed by atoms with E-state index in [1.54, 1.807) is 25.1 Å². The molecule has 0 spiro atoms. The van der Waals surface area contributed by atoms with Crippen LogP contribution < -0.4 is 9.47 Å². The average molecular weight is 539 g/mol. The van der Waals surface area contributed by atoms with Crippen LogP contribution in [0.15, 0.2) is 66.7 Å². The Hall–Kier alpha value is -2.76. The number of aryl methyl sites for hydroxylation is 1. The van der Waals surface area contributed by atoms with Gasteiger partial charge in [-0.3, -0.25) is 9.59 Å². The number of hydrogen-bond donors (Lipinski definition) is 0. The van der Waals surface area contributed by atoms with Gasteiger partial charge in [-0.2, -0.15) is 0 Å². The van der Waals surface area contributed by atoms with Crippen molar-refractivity contribution in [1.29, 1.82) is 0 Å². The predicted molar refractivity (Wildman–Crippen MR) is 154 cm³/mol. The topological polar surface area (TPSA) is 52.6 Å². The molecule has 3 aromatic carbocycles. The van der Waals surface area contributed by atoms with Crippen molar-refractivity contribution in [3.63, 3.8) is 0 Å². The molecule has 196 valence electrons. The first-order valence-corrected chi connectivity index (χ1v) is 14.2. The first-order chi connectivity index (χ1) is 18.0. The van der Waals surface area contributed by atoms with Crippen molar-refractivity contribution in [2.75, 3.05) is 13.2 Å². The monoisotopic (exact) mass is 538 g/mol. The number of ether oxygens (including phenoxy) is 2. The molecule has 6 heteroatoms. The number of ketones is 1. The second-order valence-electron chi connectivity index (χ2n) is 8.88. The summed E-state index contributed by atoms with van der Waals surface area (Å²) in [6.45, 7) is 5.11. The molecule has 0 aliphatic heterocycles. The van der Waals surface area contributed by atoms with Gasteiger partial charge in [-0.1, -0.05) is 92.2 Å². The van der Waals surface area contributed by atoms with Gasteiger partial charge in [0.05, 0.1) is 23.5 Å². The van der Waals surface area contributed by atoms with Crippen molar-refractivity contribution in [2.45, 2.75) is 57.6 Å². The van der Waals surface area contributed by atoms with Gasteiger partial charge in [-0.05, 0) is 66.1 Å². The predicted octanol–water partition coefficient (Wildman–Crippen LogP) is 8.06. The average Bonchev–Trinajstić information content (AvgIpc) is 2.91. The Balaban J connectivity index is 1.47. The largest absolute Gasteiger partial charge is 0.493 e. The summed E-state index contributed by atoms with van der Waals surface area (Å²) < 4.78 is 12.0. The molecule has 37 heavy (non-hydrogen) atoms. The molecular weight excluding hydrogens is 504 g/mol. The zero-order valence-electron chi connectivity index (χ0n) is 21.6. The molecule has 0 saturated carbocycles. The molecule has 0 aromatic heterocycles. The molecular formula is C31H35ClO4S. The fourth-order valence-electron chi connectivity index (χ4n) is 4.13. The van der Waals surface area contributed by atoms with Crippen LogP contribution in [0.25, 0.3) is 0 Å². The Morgan fingerprint density at radius 1 is 0.919 bits per heavy atom. The van der Waals surface area contributed by atoms with Crippen molar-refractivity contribution in [3.05, 3.63) is 94.0 Å². The lowest BCUT2D eigenvalue weighted by Gasteiger charge is -2.15. The summed E-state index contributed by atoms with van der Waals surface area (Å²) >= 11 is 7.36. The lowest BCUT2D eigenvalue weighted by atomic mass is 10.0.